The molecule has 0 radical (unpaired) electrons. The Kier molecular flexibility index (Phi) is 7.03. The summed E-state index contributed by atoms with van der Waals surface area (Å²) >= 11 is 0. The van der Waals surface area contributed by atoms with Crippen LogP contribution in [-0.4, -0.2) is 5.71 Å². The number of nitrogens with zero attached hydrogens (tertiary/aromatic N) is 1. The standard InChI is InChI=1S/C27H35NO/c1-2-3-4-5-6-10-15-22-16-11-18-24-26(22)23-17-12-19-25(27(23)28-24)29-20-21-13-8-7-9-14-21/h7-9,12-14,19,22H,2-6,10-11,15-18,20H2,1H3. The first-order valence-corrected chi connectivity index (χ1v) is 11.8. The van der Waals surface area contributed by atoms with E-state index in [9.17, 15) is 0 Å². The van der Waals surface area contributed by atoms with Crippen molar-refractivity contribution in [3.05, 3.63) is 70.6 Å². The lowest BCUT2D eigenvalue weighted by Crippen LogP contribution is -2.18. The number of hydrogen-bond donors (Lipinski definition) is 0. The highest BCUT2D eigenvalue weighted by atomic mass is 16.5. The molecule has 1 heterocycles. The van der Waals surface area contributed by atoms with Gasteiger partial charge >= 0.3 is 0 Å². The Morgan fingerprint density at radius 3 is 2.72 bits per heavy atom. The van der Waals surface area contributed by atoms with Crippen LogP contribution in [0.4, 0.5) is 0 Å². The van der Waals surface area contributed by atoms with Gasteiger partial charge in [0.1, 0.15) is 18.1 Å². The lowest BCUT2D eigenvalue weighted by atomic mass is 9.77. The van der Waals surface area contributed by atoms with E-state index in [0.29, 0.717) is 12.5 Å². The smallest absolute Gasteiger partial charge is 0.145 e. The number of hydrogen-bond acceptors (Lipinski definition) is 2. The third-order valence-electron chi connectivity index (χ3n) is 6.51. The van der Waals surface area contributed by atoms with Crippen LogP contribution in [0, 0.1) is 5.92 Å². The van der Waals surface area contributed by atoms with Crippen LogP contribution in [0.1, 0.15) is 83.1 Å². The van der Waals surface area contributed by atoms with Crippen molar-refractivity contribution < 1.29 is 4.74 Å². The molecule has 1 saturated carbocycles. The average Bonchev–Trinajstić information content (AvgIpc) is 3.15. The highest BCUT2D eigenvalue weighted by Crippen LogP contribution is 2.44. The van der Waals surface area contributed by atoms with Gasteiger partial charge in [-0.05, 0) is 60.8 Å². The number of ether oxygens (including phenoxy) is 1. The fraction of sp³-hybridized carbons (Fsp3) is 0.519. The third-order valence-corrected chi connectivity index (χ3v) is 6.51. The van der Waals surface area contributed by atoms with Gasteiger partial charge in [0.15, 0.2) is 0 Å². The molecule has 1 aromatic rings. The summed E-state index contributed by atoms with van der Waals surface area (Å²) in [6, 6.07) is 10.4. The molecular weight excluding hydrogens is 354 g/mol. The van der Waals surface area contributed by atoms with Crippen LogP contribution in [0.3, 0.4) is 0 Å². The summed E-state index contributed by atoms with van der Waals surface area (Å²) in [7, 11) is 0. The van der Waals surface area contributed by atoms with Gasteiger partial charge in [0.25, 0.3) is 0 Å². The maximum absolute atomic E-state index is 6.21. The fourth-order valence-electron chi connectivity index (χ4n) is 4.98. The van der Waals surface area contributed by atoms with Crippen molar-refractivity contribution in [2.75, 3.05) is 0 Å². The van der Waals surface area contributed by atoms with E-state index in [1.807, 2.05) is 6.07 Å². The van der Waals surface area contributed by atoms with E-state index in [1.54, 1.807) is 5.57 Å². The van der Waals surface area contributed by atoms with E-state index in [1.165, 1.54) is 74.6 Å². The van der Waals surface area contributed by atoms with E-state index in [0.717, 1.165) is 24.3 Å². The molecule has 2 aliphatic carbocycles. The summed E-state index contributed by atoms with van der Waals surface area (Å²) in [4.78, 5) is 5.09. The second kappa shape index (κ2) is 10.1. The number of unbranched alkanes of at least 4 members (excludes halogenated alkanes) is 5. The molecule has 0 bridgehead atoms. The van der Waals surface area contributed by atoms with Crippen molar-refractivity contribution in [3.8, 4) is 0 Å². The van der Waals surface area contributed by atoms with Gasteiger partial charge < -0.3 is 4.74 Å². The van der Waals surface area contributed by atoms with Gasteiger partial charge in [0.05, 0.1) is 0 Å². The Hall–Kier alpha value is -2.09. The van der Waals surface area contributed by atoms with Gasteiger partial charge in [-0.1, -0.05) is 81.9 Å². The first-order valence-electron chi connectivity index (χ1n) is 11.8. The predicted molar refractivity (Wildman–Crippen MR) is 122 cm³/mol. The molecule has 4 rings (SSSR count). The van der Waals surface area contributed by atoms with Crippen LogP contribution >= 0.6 is 0 Å². The predicted octanol–water partition coefficient (Wildman–Crippen LogP) is 7.68. The van der Waals surface area contributed by atoms with E-state index in [4.69, 9.17) is 9.73 Å². The zero-order chi connectivity index (χ0) is 19.9. The highest BCUT2D eigenvalue weighted by Gasteiger charge is 2.34. The van der Waals surface area contributed by atoms with Crippen LogP contribution in [-0.2, 0) is 11.3 Å². The van der Waals surface area contributed by atoms with Crippen LogP contribution in [0.2, 0.25) is 0 Å². The van der Waals surface area contributed by atoms with Gasteiger partial charge in [-0.15, -0.1) is 0 Å². The Balaban J connectivity index is 1.44. The molecule has 0 amide bonds. The second-order valence-corrected chi connectivity index (χ2v) is 8.69. The summed E-state index contributed by atoms with van der Waals surface area (Å²) < 4.78 is 6.21. The molecule has 2 heteroatoms. The highest BCUT2D eigenvalue weighted by molar-refractivity contribution is 6.06. The molecule has 0 aromatic heterocycles. The van der Waals surface area contributed by atoms with E-state index in [-0.39, 0.29) is 0 Å². The largest absolute Gasteiger partial charge is 0.487 e. The number of aliphatic imine (C=N–C) groups is 1. The van der Waals surface area contributed by atoms with Gasteiger partial charge in [-0.25, -0.2) is 4.99 Å². The number of fused-ring (bicyclic) bond motifs is 2. The fourth-order valence-corrected chi connectivity index (χ4v) is 4.98. The molecule has 1 aliphatic heterocycles. The summed E-state index contributed by atoms with van der Waals surface area (Å²) in [5, 5.41) is 0. The first kappa shape index (κ1) is 20.2. The molecule has 29 heavy (non-hydrogen) atoms. The molecule has 0 spiro atoms. The normalized spacial score (nSPS) is 20.6. The maximum atomic E-state index is 6.21. The van der Waals surface area contributed by atoms with Crippen LogP contribution in [0.15, 0.2) is 70.1 Å². The zero-order valence-corrected chi connectivity index (χ0v) is 18.0. The van der Waals surface area contributed by atoms with Crippen molar-refractivity contribution in [1.29, 1.82) is 0 Å². The Labute approximate surface area is 176 Å². The minimum Gasteiger partial charge on any atom is -0.487 e. The quantitative estimate of drug-likeness (QED) is 0.376. The summed E-state index contributed by atoms with van der Waals surface area (Å²) in [6.07, 6.45) is 18.8. The molecule has 1 atom stereocenters. The molecule has 0 saturated heterocycles. The summed E-state index contributed by atoms with van der Waals surface area (Å²) in [5.41, 5.74) is 6.74. The molecule has 154 valence electrons. The van der Waals surface area contributed by atoms with Crippen LogP contribution < -0.4 is 0 Å². The van der Waals surface area contributed by atoms with Crippen LogP contribution in [0.25, 0.3) is 0 Å². The lowest BCUT2D eigenvalue weighted by Gasteiger charge is -2.26. The molecule has 2 nitrogen and oxygen atoms in total. The van der Waals surface area contributed by atoms with E-state index < -0.39 is 0 Å². The molecular formula is C27H35NO. The maximum Gasteiger partial charge on any atom is 0.145 e. The van der Waals surface area contributed by atoms with Crippen molar-refractivity contribution in [3.63, 3.8) is 0 Å². The second-order valence-electron chi connectivity index (χ2n) is 8.69. The molecule has 1 unspecified atom stereocenters. The van der Waals surface area contributed by atoms with Gasteiger partial charge in [0.2, 0.25) is 0 Å². The van der Waals surface area contributed by atoms with Gasteiger partial charge in [-0.3, -0.25) is 0 Å². The van der Waals surface area contributed by atoms with Crippen molar-refractivity contribution in [1.82, 2.24) is 0 Å². The van der Waals surface area contributed by atoms with Crippen LogP contribution in [0.5, 0.6) is 0 Å². The minimum absolute atomic E-state index is 0.610. The Morgan fingerprint density at radius 1 is 1.03 bits per heavy atom. The lowest BCUT2D eigenvalue weighted by molar-refractivity contribution is 0.207. The SMILES string of the molecule is CCCCCCCCC1CCCC2=NC3=C(OCc4ccccc4)C=CCC3=C21. The molecule has 0 N–H and O–H groups in total. The first-order chi connectivity index (χ1) is 14.4. The van der Waals surface area contributed by atoms with Crippen molar-refractivity contribution >= 4 is 5.71 Å². The van der Waals surface area contributed by atoms with E-state index >= 15 is 0 Å². The Bertz CT molecular complexity index is 812. The van der Waals surface area contributed by atoms with Gasteiger partial charge in [0, 0.05) is 5.71 Å². The molecule has 3 aliphatic rings. The third kappa shape index (κ3) is 4.91. The van der Waals surface area contributed by atoms with Crippen molar-refractivity contribution in [2.45, 2.75) is 84.2 Å². The number of allylic oxidation sites excluding steroid dienone is 4. The average molecular weight is 390 g/mol. The topological polar surface area (TPSA) is 21.6 Å². The zero-order valence-electron chi connectivity index (χ0n) is 18.0. The van der Waals surface area contributed by atoms with Gasteiger partial charge in [-0.2, -0.15) is 0 Å². The molecule has 1 aromatic carbocycles. The number of benzene rings is 1. The Morgan fingerprint density at radius 2 is 1.86 bits per heavy atom. The minimum atomic E-state index is 0.610. The summed E-state index contributed by atoms with van der Waals surface area (Å²) in [5.74, 6) is 1.67. The number of rotatable bonds is 10. The van der Waals surface area contributed by atoms with E-state index in [2.05, 4.69) is 43.3 Å². The van der Waals surface area contributed by atoms with Crippen molar-refractivity contribution in [2.24, 2.45) is 10.9 Å². The molecule has 1 fully saturated rings. The monoisotopic (exact) mass is 389 g/mol. The summed E-state index contributed by atoms with van der Waals surface area (Å²) in [6.45, 7) is 2.90.